The van der Waals surface area contributed by atoms with Crippen molar-refractivity contribution < 1.29 is 14.3 Å². The van der Waals surface area contributed by atoms with Crippen LogP contribution in [0, 0.1) is 12.8 Å². The number of aromatic nitrogens is 2. The van der Waals surface area contributed by atoms with Crippen molar-refractivity contribution in [1.82, 2.24) is 20.6 Å². The lowest BCUT2D eigenvalue weighted by molar-refractivity contribution is 0.0531. The van der Waals surface area contributed by atoms with E-state index in [0.717, 1.165) is 17.2 Å². The second-order valence-electron chi connectivity index (χ2n) is 7.24. The predicted molar refractivity (Wildman–Crippen MR) is 117 cm³/mol. The van der Waals surface area contributed by atoms with E-state index in [0.29, 0.717) is 41.5 Å². The number of ether oxygens (including phenoxy) is 2. The first kappa shape index (κ1) is 22.0. The third-order valence-electron chi connectivity index (χ3n) is 4.64. The van der Waals surface area contributed by atoms with E-state index in [-0.39, 0.29) is 12.0 Å². The molecule has 162 valence electrons. The third kappa shape index (κ3) is 6.16. The van der Waals surface area contributed by atoms with Gasteiger partial charge in [-0.2, -0.15) is 0 Å². The lowest BCUT2D eigenvalue weighted by Crippen LogP contribution is -2.38. The van der Waals surface area contributed by atoms with Gasteiger partial charge in [0.25, 0.3) is 0 Å². The van der Waals surface area contributed by atoms with Crippen molar-refractivity contribution in [3.63, 3.8) is 0 Å². The van der Waals surface area contributed by atoms with Crippen LogP contribution in [0.2, 0.25) is 0 Å². The summed E-state index contributed by atoms with van der Waals surface area (Å²) in [6.45, 7) is 7.26. The van der Waals surface area contributed by atoms with Gasteiger partial charge < -0.3 is 20.1 Å². The van der Waals surface area contributed by atoms with E-state index in [4.69, 9.17) is 9.47 Å². The zero-order chi connectivity index (χ0) is 21.5. The number of guanidine groups is 1. The molecular weight excluding hydrogens is 402 g/mol. The van der Waals surface area contributed by atoms with Crippen molar-refractivity contribution in [2.45, 2.75) is 46.2 Å². The molecule has 0 radical (unpaired) electrons. The summed E-state index contributed by atoms with van der Waals surface area (Å²) in [7, 11) is 1.72. The summed E-state index contributed by atoms with van der Waals surface area (Å²) in [6, 6.07) is 3.78. The largest absolute Gasteiger partial charge is 0.477 e. The molecule has 2 aromatic heterocycles. The molecule has 0 saturated heterocycles. The fourth-order valence-corrected chi connectivity index (χ4v) is 3.73. The van der Waals surface area contributed by atoms with Gasteiger partial charge in [0.1, 0.15) is 9.88 Å². The summed E-state index contributed by atoms with van der Waals surface area (Å²) >= 11 is 1.34. The molecule has 2 aromatic rings. The molecule has 1 unspecified atom stereocenters. The summed E-state index contributed by atoms with van der Waals surface area (Å²) < 4.78 is 10.8. The number of thiazole rings is 1. The Labute approximate surface area is 181 Å². The van der Waals surface area contributed by atoms with Gasteiger partial charge in [-0.3, -0.25) is 4.99 Å². The molecule has 0 bridgehead atoms. The van der Waals surface area contributed by atoms with Gasteiger partial charge >= 0.3 is 5.97 Å². The summed E-state index contributed by atoms with van der Waals surface area (Å²) in [5, 5.41) is 7.42. The minimum Gasteiger partial charge on any atom is -0.477 e. The summed E-state index contributed by atoms with van der Waals surface area (Å²) in [5.41, 5.74) is 1.74. The van der Waals surface area contributed by atoms with Crippen molar-refractivity contribution in [3.8, 4) is 5.88 Å². The van der Waals surface area contributed by atoms with Crippen molar-refractivity contribution in [2.24, 2.45) is 10.9 Å². The number of pyridine rings is 1. The fraction of sp³-hybridized carbons (Fsp3) is 0.524. The van der Waals surface area contributed by atoms with Crippen LogP contribution in [0.3, 0.4) is 0 Å². The molecule has 1 aliphatic carbocycles. The van der Waals surface area contributed by atoms with Crippen LogP contribution in [0.15, 0.2) is 23.3 Å². The fourth-order valence-electron chi connectivity index (χ4n) is 2.76. The molecule has 1 fully saturated rings. The van der Waals surface area contributed by atoms with Gasteiger partial charge in [0.2, 0.25) is 5.88 Å². The standard InChI is InChI=1S/C21H29N5O3S/c1-5-28-20(27)18-13(2)25-19(30-18)14(3)26-21(22-4)24-11-16-8-9-23-17(10-16)29-12-15-6-7-15/h8-10,14-15H,5-7,11-12H2,1-4H3,(H2,22,24,26). The Kier molecular flexibility index (Phi) is 7.62. The van der Waals surface area contributed by atoms with Gasteiger partial charge in [0, 0.05) is 25.9 Å². The number of hydrogen-bond donors (Lipinski definition) is 2. The molecule has 2 N–H and O–H groups in total. The Bertz CT molecular complexity index is 895. The summed E-state index contributed by atoms with van der Waals surface area (Å²) in [4.78, 5) is 25.6. The molecule has 30 heavy (non-hydrogen) atoms. The number of hydrogen-bond acceptors (Lipinski definition) is 7. The second kappa shape index (κ2) is 10.4. The average Bonchev–Trinajstić information content (AvgIpc) is 3.49. The maximum atomic E-state index is 12.0. The summed E-state index contributed by atoms with van der Waals surface area (Å²) in [5.74, 6) is 1.66. The maximum absolute atomic E-state index is 12.0. The van der Waals surface area contributed by atoms with Crippen LogP contribution >= 0.6 is 11.3 Å². The van der Waals surface area contributed by atoms with Gasteiger partial charge in [-0.05, 0) is 51.2 Å². The van der Waals surface area contributed by atoms with Crippen molar-refractivity contribution in [1.29, 1.82) is 0 Å². The lowest BCUT2D eigenvalue weighted by atomic mass is 10.2. The topological polar surface area (TPSA) is 97.7 Å². The average molecular weight is 432 g/mol. The number of aryl methyl sites for hydroxylation is 1. The molecule has 0 aromatic carbocycles. The van der Waals surface area contributed by atoms with Crippen LogP contribution in [0.25, 0.3) is 0 Å². The van der Waals surface area contributed by atoms with Gasteiger partial charge in [-0.25, -0.2) is 14.8 Å². The number of aliphatic imine (C=N–C) groups is 1. The Morgan fingerprint density at radius 2 is 2.23 bits per heavy atom. The molecule has 1 atom stereocenters. The van der Waals surface area contributed by atoms with Crippen LogP contribution in [0.1, 0.15) is 58.7 Å². The normalized spacial score (nSPS) is 14.9. The van der Waals surface area contributed by atoms with E-state index in [1.165, 1.54) is 24.2 Å². The predicted octanol–water partition coefficient (Wildman–Crippen LogP) is 3.24. The van der Waals surface area contributed by atoms with Crippen LogP contribution in [-0.2, 0) is 11.3 Å². The maximum Gasteiger partial charge on any atom is 0.350 e. The second-order valence-corrected chi connectivity index (χ2v) is 8.27. The SMILES string of the molecule is CCOC(=O)c1sc(C(C)NC(=NC)NCc2ccnc(OCC3CC3)c2)nc1C. The highest BCUT2D eigenvalue weighted by Gasteiger charge is 2.22. The molecule has 0 aliphatic heterocycles. The van der Waals surface area contributed by atoms with Crippen LogP contribution < -0.4 is 15.4 Å². The van der Waals surface area contributed by atoms with E-state index >= 15 is 0 Å². The quantitative estimate of drug-likeness (QED) is 0.357. The third-order valence-corrected chi connectivity index (χ3v) is 5.96. The highest BCUT2D eigenvalue weighted by molar-refractivity contribution is 7.13. The van der Waals surface area contributed by atoms with E-state index in [9.17, 15) is 4.79 Å². The molecule has 2 heterocycles. The van der Waals surface area contributed by atoms with Gasteiger partial charge in [0.05, 0.1) is 24.9 Å². The van der Waals surface area contributed by atoms with E-state index in [1.807, 2.05) is 26.0 Å². The van der Waals surface area contributed by atoms with E-state index in [1.54, 1.807) is 20.2 Å². The van der Waals surface area contributed by atoms with E-state index in [2.05, 4.69) is 25.6 Å². The van der Waals surface area contributed by atoms with Crippen molar-refractivity contribution >= 4 is 23.3 Å². The number of esters is 1. The molecular formula is C21H29N5O3S. The van der Waals surface area contributed by atoms with Gasteiger partial charge in [-0.15, -0.1) is 11.3 Å². The molecule has 3 rings (SSSR count). The Balaban J connectivity index is 1.54. The summed E-state index contributed by atoms with van der Waals surface area (Å²) in [6.07, 6.45) is 4.26. The minimum absolute atomic E-state index is 0.113. The van der Waals surface area contributed by atoms with E-state index < -0.39 is 0 Å². The zero-order valence-corrected chi connectivity index (χ0v) is 18.7. The minimum atomic E-state index is -0.328. The van der Waals surface area contributed by atoms with Crippen LogP contribution in [0.5, 0.6) is 5.88 Å². The first-order valence-corrected chi connectivity index (χ1v) is 11.0. The highest BCUT2D eigenvalue weighted by Crippen LogP contribution is 2.29. The lowest BCUT2D eigenvalue weighted by Gasteiger charge is -2.16. The van der Waals surface area contributed by atoms with Crippen molar-refractivity contribution in [2.75, 3.05) is 20.3 Å². The zero-order valence-electron chi connectivity index (χ0n) is 17.9. The Hall–Kier alpha value is -2.68. The van der Waals surface area contributed by atoms with Crippen LogP contribution in [0.4, 0.5) is 0 Å². The smallest absolute Gasteiger partial charge is 0.350 e. The molecule has 1 saturated carbocycles. The molecule has 0 amide bonds. The monoisotopic (exact) mass is 431 g/mol. The Morgan fingerprint density at radius 3 is 2.93 bits per heavy atom. The number of carbonyl (C=O) groups is 1. The van der Waals surface area contributed by atoms with Gasteiger partial charge in [-0.1, -0.05) is 0 Å². The molecule has 1 aliphatic rings. The van der Waals surface area contributed by atoms with Crippen molar-refractivity contribution in [3.05, 3.63) is 39.5 Å². The number of nitrogens with zero attached hydrogens (tertiary/aromatic N) is 3. The first-order chi connectivity index (χ1) is 14.5. The van der Waals surface area contributed by atoms with Gasteiger partial charge in [0.15, 0.2) is 5.96 Å². The molecule has 8 nitrogen and oxygen atoms in total. The number of nitrogens with one attached hydrogen (secondary N) is 2. The molecule has 9 heteroatoms. The Morgan fingerprint density at radius 1 is 1.43 bits per heavy atom. The van der Waals surface area contributed by atoms with Crippen LogP contribution in [-0.4, -0.2) is 42.2 Å². The first-order valence-electron chi connectivity index (χ1n) is 10.2. The number of carbonyl (C=O) groups excluding carboxylic acids is 1. The number of rotatable bonds is 9. The highest BCUT2D eigenvalue weighted by atomic mass is 32.1. The molecule has 0 spiro atoms.